The van der Waals surface area contributed by atoms with Crippen LogP contribution in [0.15, 0.2) is 0 Å². The summed E-state index contributed by atoms with van der Waals surface area (Å²) in [5, 5.41) is 8.50. The third-order valence-electron chi connectivity index (χ3n) is 1.69. The van der Waals surface area contributed by atoms with Crippen molar-refractivity contribution >= 4 is 5.97 Å². The molecule has 0 aromatic rings. The van der Waals surface area contributed by atoms with Crippen LogP contribution in [0.1, 0.15) is 13.3 Å². The average molecular weight is 130 g/mol. The first-order chi connectivity index (χ1) is 4.22. The van der Waals surface area contributed by atoms with Crippen LogP contribution < -0.4 is 0 Å². The first-order valence-corrected chi connectivity index (χ1v) is 3.06. The maximum Gasteiger partial charge on any atom is 0.309 e. The SMILES string of the molecule is CC1OCC[C@H]1C(=O)O. The molecule has 0 bridgehead atoms. The second-order valence-corrected chi connectivity index (χ2v) is 2.31. The molecule has 2 atom stereocenters. The van der Waals surface area contributed by atoms with E-state index in [1.165, 1.54) is 0 Å². The normalized spacial score (nSPS) is 34.8. The maximum absolute atomic E-state index is 10.3. The third kappa shape index (κ3) is 1.21. The lowest BCUT2D eigenvalue weighted by Crippen LogP contribution is -2.20. The van der Waals surface area contributed by atoms with E-state index in [0.29, 0.717) is 13.0 Å². The van der Waals surface area contributed by atoms with E-state index in [1.807, 2.05) is 0 Å². The number of aliphatic carboxylic acids is 1. The molecule has 0 aliphatic carbocycles. The smallest absolute Gasteiger partial charge is 0.309 e. The van der Waals surface area contributed by atoms with Crippen LogP contribution in [0, 0.1) is 5.92 Å². The Morgan fingerprint density at radius 3 is 2.67 bits per heavy atom. The maximum atomic E-state index is 10.3. The van der Waals surface area contributed by atoms with E-state index in [4.69, 9.17) is 9.84 Å². The van der Waals surface area contributed by atoms with Crippen LogP contribution >= 0.6 is 0 Å². The van der Waals surface area contributed by atoms with Gasteiger partial charge in [-0.15, -0.1) is 0 Å². The van der Waals surface area contributed by atoms with Crippen LogP contribution in [0.2, 0.25) is 0 Å². The van der Waals surface area contributed by atoms with E-state index < -0.39 is 5.97 Å². The van der Waals surface area contributed by atoms with Crippen molar-refractivity contribution in [3.63, 3.8) is 0 Å². The standard InChI is InChI=1S/C6H10O3/c1-4-5(6(7)8)2-3-9-4/h4-5H,2-3H2,1H3,(H,7,8)/t4?,5-/m1/s1. The Morgan fingerprint density at radius 1 is 1.78 bits per heavy atom. The number of hydrogen-bond acceptors (Lipinski definition) is 2. The van der Waals surface area contributed by atoms with Crippen LogP contribution in [0.3, 0.4) is 0 Å². The zero-order valence-corrected chi connectivity index (χ0v) is 5.33. The second-order valence-electron chi connectivity index (χ2n) is 2.31. The molecule has 9 heavy (non-hydrogen) atoms. The topological polar surface area (TPSA) is 46.5 Å². The summed E-state index contributed by atoms with van der Waals surface area (Å²) in [5.74, 6) is -1.01. The minimum Gasteiger partial charge on any atom is -0.481 e. The van der Waals surface area contributed by atoms with Crippen molar-refractivity contribution < 1.29 is 14.6 Å². The van der Waals surface area contributed by atoms with Gasteiger partial charge in [0.25, 0.3) is 0 Å². The summed E-state index contributed by atoms with van der Waals surface area (Å²) in [6.45, 7) is 2.39. The predicted molar refractivity (Wildman–Crippen MR) is 31.2 cm³/mol. The average Bonchev–Trinajstić information content (AvgIpc) is 2.13. The first-order valence-electron chi connectivity index (χ1n) is 3.06. The van der Waals surface area contributed by atoms with E-state index in [9.17, 15) is 4.79 Å². The molecule has 0 spiro atoms. The van der Waals surface area contributed by atoms with Crippen LogP contribution in [-0.4, -0.2) is 23.8 Å². The molecule has 0 saturated carbocycles. The van der Waals surface area contributed by atoms with Crippen molar-refractivity contribution in [2.24, 2.45) is 5.92 Å². The van der Waals surface area contributed by atoms with Gasteiger partial charge in [0.15, 0.2) is 0 Å². The number of carboxylic acid groups (broad SMARTS) is 1. The highest BCUT2D eigenvalue weighted by molar-refractivity contribution is 5.70. The molecular weight excluding hydrogens is 120 g/mol. The van der Waals surface area contributed by atoms with Gasteiger partial charge < -0.3 is 9.84 Å². The number of hydrogen-bond donors (Lipinski definition) is 1. The molecule has 1 aliphatic heterocycles. The van der Waals surface area contributed by atoms with Gasteiger partial charge in [-0.3, -0.25) is 4.79 Å². The van der Waals surface area contributed by atoms with Crippen molar-refractivity contribution in [2.45, 2.75) is 19.4 Å². The van der Waals surface area contributed by atoms with E-state index in [-0.39, 0.29) is 12.0 Å². The molecule has 1 aliphatic rings. The highest BCUT2D eigenvalue weighted by Gasteiger charge is 2.29. The minimum absolute atomic E-state index is 0.0949. The zero-order chi connectivity index (χ0) is 6.85. The molecule has 3 nitrogen and oxygen atoms in total. The Bertz CT molecular complexity index is 121. The largest absolute Gasteiger partial charge is 0.481 e. The number of rotatable bonds is 1. The number of carboxylic acids is 1. The fraction of sp³-hybridized carbons (Fsp3) is 0.833. The lowest BCUT2D eigenvalue weighted by Gasteiger charge is -2.06. The number of carbonyl (C=O) groups is 1. The van der Waals surface area contributed by atoms with Crippen LogP contribution in [-0.2, 0) is 9.53 Å². The lowest BCUT2D eigenvalue weighted by molar-refractivity contribution is -0.143. The Labute approximate surface area is 53.6 Å². The summed E-state index contributed by atoms with van der Waals surface area (Å²) in [6.07, 6.45) is 0.568. The van der Waals surface area contributed by atoms with Crippen molar-refractivity contribution in [3.05, 3.63) is 0 Å². The van der Waals surface area contributed by atoms with Crippen molar-refractivity contribution in [1.82, 2.24) is 0 Å². The molecule has 1 unspecified atom stereocenters. The molecule has 52 valence electrons. The molecule has 0 aromatic heterocycles. The van der Waals surface area contributed by atoms with Gasteiger partial charge in [0.1, 0.15) is 0 Å². The third-order valence-corrected chi connectivity index (χ3v) is 1.69. The highest BCUT2D eigenvalue weighted by atomic mass is 16.5. The summed E-state index contributed by atoms with van der Waals surface area (Å²) < 4.78 is 5.05. The Hall–Kier alpha value is -0.570. The van der Waals surface area contributed by atoms with Gasteiger partial charge in [-0.1, -0.05) is 0 Å². The molecule has 0 amide bonds. The molecule has 1 heterocycles. The van der Waals surface area contributed by atoms with Gasteiger partial charge in [-0.2, -0.15) is 0 Å². The molecule has 1 N–H and O–H groups in total. The van der Waals surface area contributed by atoms with Crippen LogP contribution in [0.5, 0.6) is 0 Å². The Balaban J connectivity index is 2.49. The fourth-order valence-corrected chi connectivity index (χ4v) is 1.06. The molecule has 1 fully saturated rings. The second kappa shape index (κ2) is 2.35. The molecule has 0 radical (unpaired) electrons. The highest BCUT2D eigenvalue weighted by Crippen LogP contribution is 2.19. The van der Waals surface area contributed by atoms with Crippen LogP contribution in [0.25, 0.3) is 0 Å². The fourth-order valence-electron chi connectivity index (χ4n) is 1.06. The molecule has 0 aromatic carbocycles. The minimum atomic E-state index is -0.736. The molecule has 3 heteroatoms. The van der Waals surface area contributed by atoms with Crippen molar-refractivity contribution in [1.29, 1.82) is 0 Å². The first kappa shape index (κ1) is 6.55. The zero-order valence-electron chi connectivity index (χ0n) is 5.33. The summed E-state index contributed by atoms with van der Waals surface area (Å²) in [7, 11) is 0. The summed E-state index contributed by atoms with van der Waals surface area (Å²) >= 11 is 0. The summed E-state index contributed by atoms with van der Waals surface area (Å²) in [4.78, 5) is 10.3. The Morgan fingerprint density at radius 2 is 2.44 bits per heavy atom. The van der Waals surface area contributed by atoms with Crippen molar-refractivity contribution in [2.75, 3.05) is 6.61 Å². The van der Waals surface area contributed by atoms with Gasteiger partial charge in [0.05, 0.1) is 12.0 Å². The summed E-state index contributed by atoms with van der Waals surface area (Å²) in [6, 6.07) is 0. The van der Waals surface area contributed by atoms with E-state index >= 15 is 0 Å². The monoisotopic (exact) mass is 130 g/mol. The van der Waals surface area contributed by atoms with Gasteiger partial charge in [-0.05, 0) is 13.3 Å². The molecule has 1 rings (SSSR count). The van der Waals surface area contributed by atoms with E-state index in [2.05, 4.69) is 0 Å². The summed E-state index contributed by atoms with van der Waals surface area (Å²) in [5.41, 5.74) is 0. The van der Waals surface area contributed by atoms with Gasteiger partial charge in [0, 0.05) is 6.61 Å². The van der Waals surface area contributed by atoms with E-state index in [0.717, 1.165) is 0 Å². The van der Waals surface area contributed by atoms with Crippen molar-refractivity contribution in [3.8, 4) is 0 Å². The number of ether oxygens (including phenoxy) is 1. The van der Waals surface area contributed by atoms with Gasteiger partial charge in [0.2, 0.25) is 0 Å². The predicted octanol–water partition coefficient (Wildman–Crippen LogP) is 0.496. The van der Waals surface area contributed by atoms with Gasteiger partial charge in [-0.25, -0.2) is 0 Å². The Kier molecular flexibility index (Phi) is 1.71. The van der Waals surface area contributed by atoms with Crippen LogP contribution in [0.4, 0.5) is 0 Å². The molecule has 1 saturated heterocycles. The van der Waals surface area contributed by atoms with Gasteiger partial charge >= 0.3 is 5.97 Å². The quantitative estimate of drug-likeness (QED) is 0.562. The van der Waals surface area contributed by atoms with E-state index in [1.54, 1.807) is 6.92 Å². The lowest BCUT2D eigenvalue weighted by atomic mass is 10.0. The molecular formula is C6H10O3.